The van der Waals surface area contributed by atoms with E-state index in [1.54, 1.807) is 11.3 Å². The zero-order valence-corrected chi connectivity index (χ0v) is 9.78. The minimum absolute atomic E-state index is 0.201. The van der Waals surface area contributed by atoms with Gasteiger partial charge in [0.1, 0.15) is 0 Å². The third kappa shape index (κ3) is 2.88. The molecule has 1 nitrogen and oxygen atoms in total. The molecule has 0 saturated heterocycles. The van der Waals surface area contributed by atoms with Crippen molar-refractivity contribution < 1.29 is 0 Å². The average molecular weight is 248 g/mol. The fourth-order valence-corrected chi connectivity index (χ4v) is 2.40. The van der Waals surface area contributed by atoms with Crippen molar-refractivity contribution in [2.75, 3.05) is 0 Å². The summed E-state index contributed by atoms with van der Waals surface area (Å²) in [7, 11) is 0. The summed E-state index contributed by atoms with van der Waals surface area (Å²) in [5.41, 5.74) is 7.25. The molecule has 0 fully saturated rings. The first kappa shape index (κ1) is 10.2. The molecule has 12 heavy (non-hydrogen) atoms. The lowest BCUT2D eigenvalue weighted by molar-refractivity contribution is 0.511. The highest BCUT2D eigenvalue weighted by Crippen LogP contribution is 2.27. The van der Waals surface area contributed by atoms with Gasteiger partial charge in [-0.15, -0.1) is 11.3 Å². The van der Waals surface area contributed by atoms with E-state index in [1.165, 1.54) is 5.56 Å². The summed E-state index contributed by atoms with van der Waals surface area (Å²) in [5, 5.41) is 2.12. The van der Waals surface area contributed by atoms with Crippen molar-refractivity contribution in [1.82, 2.24) is 0 Å². The molecular formula is C9H14BrNS. The van der Waals surface area contributed by atoms with Crippen LogP contribution in [0.1, 0.15) is 31.9 Å². The number of halogens is 1. The van der Waals surface area contributed by atoms with Gasteiger partial charge < -0.3 is 5.73 Å². The summed E-state index contributed by atoms with van der Waals surface area (Å²) in [5.74, 6) is 0.665. The maximum Gasteiger partial charge on any atom is 0.0701 e. The normalized spacial score (nSPS) is 13.8. The standard InChI is InChI=1S/C9H14BrNS/c1-6(2)3-8(11)7-4-9(10)12-5-7/h4-6,8H,3,11H2,1-2H3. The molecule has 0 radical (unpaired) electrons. The molecule has 0 saturated carbocycles. The Bertz CT molecular complexity index is 244. The quantitative estimate of drug-likeness (QED) is 0.869. The SMILES string of the molecule is CC(C)CC(N)c1csc(Br)c1. The van der Waals surface area contributed by atoms with Gasteiger partial charge in [-0.3, -0.25) is 0 Å². The molecule has 0 aliphatic carbocycles. The Labute approximate surface area is 86.1 Å². The van der Waals surface area contributed by atoms with E-state index in [9.17, 15) is 0 Å². The first-order valence-corrected chi connectivity index (χ1v) is 5.76. The van der Waals surface area contributed by atoms with Crippen molar-refractivity contribution >= 4 is 27.3 Å². The molecule has 1 unspecified atom stereocenters. The predicted octanol–water partition coefficient (Wildman–Crippen LogP) is 3.56. The third-order valence-corrected chi connectivity index (χ3v) is 3.26. The molecule has 0 bridgehead atoms. The Morgan fingerprint density at radius 3 is 2.67 bits per heavy atom. The summed E-state index contributed by atoms with van der Waals surface area (Å²) in [6.07, 6.45) is 1.06. The Morgan fingerprint density at radius 2 is 2.25 bits per heavy atom. The molecule has 1 aromatic rings. The van der Waals surface area contributed by atoms with Crippen molar-refractivity contribution in [3.8, 4) is 0 Å². The first-order valence-electron chi connectivity index (χ1n) is 4.09. The van der Waals surface area contributed by atoms with E-state index in [0.717, 1.165) is 10.2 Å². The molecule has 2 N–H and O–H groups in total. The molecule has 0 aromatic carbocycles. The smallest absolute Gasteiger partial charge is 0.0701 e. The van der Waals surface area contributed by atoms with Crippen LogP contribution in [0.4, 0.5) is 0 Å². The summed E-state index contributed by atoms with van der Waals surface area (Å²) in [6.45, 7) is 4.39. The molecule has 1 rings (SSSR count). The zero-order valence-electron chi connectivity index (χ0n) is 7.38. The minimum Gasteiger partial charge on any atom is -0.324 e. The van der Waals surface area contributed by atoms with E-state index in [1.807, 2.05) is 0 Å². The fraction of sp³-hybridized carbons (Fsp3) is 0.556. The summed E-state index contributed by atoms with van der Waals surface area (Å²) in [4.78, 5) is 0. The Morgan fingerprint density at radius 1 is 1.58 bits per heavy atom. The Kier molecular flexibility index (Phi) is 3.75. The average Bonchev–Trinajstić information content (AvgIpc) is 2.34. The predicted molar refractivity (Wildman–Crippen MR) is 58.4 cm³/mol. The number of rotatable bonds is 3. The highest BCUT2D eigenvalue weighted by molar-refractivity contribution is 9.11. The van der Waals surface area contributed by atoms with Gasteiger partial charge in [0.05, 0.1) is 3.79 Å². The molecule has 1 atom stereocenters. The van der Waals surface area contributed by atoms with Gasteiger partial charge in [-0.05, 0) is 45.3 Å². The van der Waals surface area contributed by atoms with E-state index in [-0.39, 0.29) is 6.04 Å². The molecule has 0 aliphatic rings. The minimum atomic E-state index is 0.201. The van der Waals surface area contributed by atoms with Gasteiger partial charge in [-0.2, -0.15) is 0 Å². The van der Waals surface area contributed by atoms with Crippen LogP contribution in [0, 0.1) is 5.92 Å². The van der Waals surface area contributed by atoms with Crippen LogP contribution in [0.3, 0.4) is 0 Å². The van der Waals surface area contributed by atoms with Crippen LogP contribution in [0.2, 0.25) is 0 Å². The number of nitrogens with two attached hydrogens (primary N) is 1. The monoisotopic (exact) mass is 247 g/mol. The van der Waals surface area contributed by atoms with Crippen LogP contribution in [0.15, 0.2) is 15.2 Å². The maximum absolute atomic E-state index is 6.00. The van der Waals surface area contributed by atoms with Crippen molar-refractivity contribution in [3.63, 3.8) is 0 Å². The van der Waals surface area contributed by atoms with E-state index in [0.29, 0.717) is 5.92 Å². The van der Waals surface area contributed by atoms with Gasteiger partial charge in [0.15, 0.2) is 0 Å². The van der Waals surface area contributed by atoms with E-state index in [4.69, 9.17) is 5.73 Å². The topological polar surface area (TPSA) is 26.0 Å². The van der Waals surface area contributed by atoms with Crippen molar-refractivity contribution in [2.24, 2.45) is 11.7 Å². The van der Waals surface area contributed by atoms with Crippen LogP contribution in [-0.4, -0.2) is 0 Å². The molecule has 1 aromatic heterocycles. The fourth-order valence-electron chi connectivity index (χ4n) is 1.16. The van der Waals surface area contributed by atoms with Crippen LogP contribution >= 0.6 is 27.3 Å². The Balaban J connectivity index is 2.58. The molecule has 0 aliphatic heterocycles. The zero-order chi connectivity index (χ0) is 9.14. The highest BCUT2D eigenvalue weighted by atomic mass is 79.9. The summed E-state index contributed by atoms with van der Waals surface area (Å²) in [6, 6.07) is 2.31. The van der Waals surface area contributed by atoms with Crippen LogP contribution < -0.4 is 5.73 Å². The van der Waals surface area contributed by atoms with E-state index < -0.39 is 0 Å². The van der Waals surface area contributed by atoms with Crippen molar-refractivity contribution in [2.45, 2.75) is 26.3 Å². The van der Waals surface area contributed by atoms with Crippen LogP contribution in [0.25, 0.3) is 0 Å². The number of thiophene rings is 1. The van der Waals surface area contributed by atoms with Gasteiger partial charge in [-0.1, -0.05) is 13.8 Å². The molecule has 68 valence electrons. The molecule has 0 amide bonds. The van der Waals surface area contributed by atoms with Gasteiger partial charge >= 0.3 is 0 Å². The van der Waals surface area contributed by atoms with Crippen LogP contribution in [0.5, 0.6) is 0 Å². The van der Waals surface area contributed by atoms with E-state index >= 15 is 0 Å². The summed E-state index contributed by atoms with van der Waals surface area (Å²) < 4.78 is 1.16. The second kappa shape index (κ2) is 4.40. The van der Waals surface area contributed by atoms with Gasteiger partial charge in [0.2, 0.25) is 0 Å². The second-order valence-electron chi connectivity index (χ2n) is 3.42. The molecular weight excluding hydrogens is 234 g/mol. The lowest BCUT2D eigenvalue weighted by Gasteiger charge is -2.11. The first-order chi connectivity index (χ1) is 5.59. The largest absolute Gasteiger partial charge is 0.324 e. The van der Waals surface area contributed by atoms with Crippen molar-refractivity contribution in [1.29, 1.82) is 0 Å². The van der Waals surface area contributed by atoms with Gasteiger partial charge in [0, 0.05) is 6.04 Å². The van der Waals surface area contributed by atoms with Gasteiger partial charge in [0.25, 0.3) is 0 Å². The lowest BCUT2D eigenvalue weighted by atomic mass is 10.0. The highest BCUT2D eigenvalue weighted by Gasteiger charge is 2.09. The second-order valence-corrected chi connectivity index (χ2v) is 5.71. The molecule has 1 heterocycles. The Hall–Kier alpha value is 0.140. The summed E-state index contributed by atoms with van der Waals surface area (Å²) >= 11 is 5.13. The van der Waals surface area contributed by atoms with Crippen LogP contribution in [-0.2, 0) is 0 Å². The maximum atomic E-state index is 6.00. The number of hydrogen-bond acceptors (Lipinski definition) is 2. The number of hydrogen-bond donors (Lipinski definition) is 1. The third-order valence-electron chi connectivity index (χ3n) is 1.74. The lowest BCUT2D eigenvalue weighted by Crippen LogP contribution is -2.11. The van der Waals surface area contributed by atoms with Crippen molar-refractivity contribution in [3.05, 3.63) is 20.8 Å². The van der Waals surface area contributed by atoms with Gasteiger partial charge in [-0.25, -0.2) is 0 Å². The molecule has 0 spiro atoms. The molecule has 3 heteroatoms. The van der Waals surface area contributed by atoms with E-state index in [2.05, 4.69) is 41.2 Å².